The Balaban J connectivity index is 1.99. The van der Waals surface area contributed by atoms with Crippen molar-refractivity contribution in [2.24, 2.45) is 0 Å². The molecule has 0 spiro atoms. The number of alkyl halides is 1. The van der Waals surface area contributed by atoms with E-state index in [9.17, 15) is 9.18 Å². The minimum absolute atomic E-state index is 0.218. The van der Waals surface area contributed by atoms with Crippen LogP contribution in [0.25, 0.3) is 11.0 Å². The lowest BCUT2D eigenvalue weighted by Crippen LogP contribution is -2.34. The van der Waals surface area contributed by atoms with E-state index in [0.717, 1.165) is 16.6 Å². The quantitative estimate of drug-likeness (QED) is 0.526. The normalized spacial score (nSPS) is 12.4. The number of amides is 1. The lowest BCUT2D eigenvalue weighted by molar-refractivity contribution is 0.0933. The Kier molecular flexibility index (Phi) is 5.98. The summed E-state index contributed by atoms with van der Waals surface area (Å²) < 4.78 is 15.4. The van der Waals surface area contributed by atoms with Crippen molar-refractivity contribution in [1.29, 1.82) is 0 Å². The van der Waals surface area contributed by atoms with E-state index in [2.05, 4.69) is 50.4 Å². The number of aromatic nitrogens is 3. The number of nitrogens with zero attached hydrogens (tertiary/aromatic N) is 3. The second-order valence-corrected chi connectivity index (χ2v) is 7.90. The number of imidazole rings is 1. The molecule has 0 saturated heterocycles. The third-order valence-corrected chi connectivity index (χ3v) is 4.84. The van der Waals surface area contributed by atoms with Gasteiger partial charge >= 0.3 is 0 Å². The first-order chi connectivity index (χ1) is 13.3. The van der Waals surface area contributed by atoms with Gasteiger partial charge in [-0.05, 0) is 67.4 Å². The van der Waals surface area contributed by atoms with E-state index < -0.39 is 12.7 Å². The van der Waals surface area contributed by atoms with Gasteiger partial charge in [0, 0.05) is 17.3 Å². The minimum Gasteiger partial charge on any atom is -0.347 e. The zero-order chi connectivity index (χ0) is 20.4. The number of aryl methyl sites for hydroxylation is 1. The van der Waals surface area contributed by atoms with Gasteiger partial charge in [-0.3, -0.25) is 4.79 Å². The highest BCUT2D eigenvalue weighted by molar-refractivity contribution is 9.10. The van der Waals surface area contributed by atoms with Crippen molar-refractivity contribution in [2.75, 3.05) is 12.0 Å². The number of anilines is 2. The fourth-order valence-corrected chi connectivity index (χ4v) is 3.32. The van der Waals surface area contributed by atoms with Crippen molar-refractivity contribution in [1.82, 2.24) is 19.9 Å². The van der Waals surface area contributed by atoms with Gasteiger partial charge in [-0.15, -0.1) is 0 Å². The van der Waals surface area contributed by atoms with Crippen LogP contribution < -0.4 is 10.6 Å². The Morgan fingerprint density at radius 1 is 1.29 bits per heavy atom. The SMILES string of the molecule is Cc1ccc(Nc2nc(Br)cc3ncn(C(C)C)c23)cc1C(=O)N[C@@H](C)CF. The van der Waals surface area contributed by atoms with Crippen molar-refractivity contribution in [3.8, 4) is 0 Å². The van der Waals surface area contributed by atoms with Crippen molar-refractivity contribution < 1.29 is 9.18 Å². The second-order valence-electron chi connectivity index (χ2n) is 7.09. The number of benzene rings is 1. The van der Waals surface area contributed by atoms with Crippen LogP contribution in [0.4, 0.5) is 15.9 Å². The van der Waals surface area contributed by atoms with Crippen LogP contribution in [0.5, 0.6) is 0 Å². The average Bonchev–Trinajstić information content (AvgIpc) is 3.07. The number of hydrogen-bond donors (Lipinski definition) is 2. The first kappa shape index (κ1) is 20.3. The van der Waals surface area contributed by atoms with Gasteiger partial charge in [-0.25, -0.2) is 14.4 Å². The molecule has 2 N–H and O–H groups in total. The van der Waals surface area contributed by atoms with Gasteiger partial charge in [0.05, 0.1) is 17.9 Å². The largest absolute Gasteiger partial charge is 0.347 e. The molecule has 0 aliphatic rings. The summed E-state index contributed by atoms with van der Waals surface area (Å²) in [6.45, 7) is 7.02. The molecule has 2 heterocycles. The fraction of sp³-hybridized carbons (Fsp3) is 0.350. The van der Waals surface area contributed by atoms with Gasteiger partial charge in [-0.2, -0.15) is 0 Å². The van der Waals surface area contributed by atoms with Crippen molar-refractivity contribution >= 4 is 44.4 Å². The standard InChI is InChI=1S/C20H23BrFN5O/c1-11(2)27-10-23-16-8-17(21)26-19(18(16)27)25-14-6-5-12(3)15(7-14)20(28)24-13(4)9-22/h5-8,10-11,13H,9H2,1-4H3,(H,24,28)(H,25,26)/t13-/m0/s1. The lowest BCUT2D eigenvalue weighted by Gasteiger charge is -2.15. The van der Waals surface area contributed by atoms with Gasteiger partial charge in [-0.1, -0.05) is 6.07 Å². The molecule has 148 valence electrons. The van der Waals surface area contributed by atoms with E-state index in [1.165, 1.54) is 0 Å². The van der Waals surface area contributed by atoms with Crippen LogP contribution in [0.2, 0.25) is 0 Å². The second kappa shape index (κ2) is 8.26. The molecule has 2 aromatic heterocycles. The number of pyridine rings is 1. The highest BCUT2D eigenvalue weighted by Crippen LogP contribution is 2.29. The number of nitrogens with one attached hydrogen (secondary N) is 2. The lowest BCUT2D eigenvalue weighted by atomic mass is 10.1. The summed E-state index contributed by atoms with van der Waals surface area (Å²) >= 11 is 3.43. The van der Waals surface area contributed by atoms with Crippen LogP contribution in [0.3, 0.4) is 0 Å². The molecule has 1 aromatic carbocycles. The minimum atomic E-state index is -0.609. The van der Waals surface area contributed by atoms with Gasteiger partial charge < -0.3 is 15.2 Å². The molecule has 3 aromatic rings. The number of halogens is 2. The molecule has 0 aliphatic carbocycles. The molecule has 0 aliphatic heterocycles. The van der Waals surface area contributed by atoms with Crippen molar-refractivity contribution in [3.05, 3.63) is 46.3 Å². The molecule has 0 radical (unpaired) electrons. The predicted molar refractivity (Wildman–Crippen MR) is 113 cm³/mol. The van der Waals surface area contributed by atoms with E-state index in [1.807, 2.05) is 29.7 Å². The van der Waals surface area contributed by atoms with Gasteiger partial charge in [0.25, 0.3) is 5.91 Å². The summed E-state index contributed by atoms with van der Waals surface area (Å²) in [5, 5.41) is 5.96. The predicted octanol–water partition coefficient (Wildman–Crippen LogP) is 4.91. The number of fused-ring (bicyclic) bond motifs is 1. The maximum Gasteiger partial charge on any atom is 0.251 e. The average molecular weight is 448 g/mol. The van der Waals surface area contributed by atoms with Gasteiger partial charge in [0.2, 0.25) is 0 Å². The van der Waals surface area contributed by atoms with E-state index in [-0.39, 0.29) is 11.9 Å². The summed E-state index contributed by atoms with van der Waals surface area (Å²) in [7, 11) is 0. The Labute approximate surface area is 171 Å². The third kappa shape index (κ3) is 4.16. The van der Waals surface area contributed by atoms with Crippen LogP contribution in [0.15, 0.2) is 35.2 Å². The van der Waals surface area contributed by atoms with E-state index in [1.54, 1.807) is 19.3 Å². The number of carbonyl (C=O) groups excluding carboxylic acids is 1. The molecule has 28 heavy (non-hydrogen) atoms. The maximum absolute atomic E-state index is 12.7. The molecule has 0 fully saturated rings. The smallest absolute Gasteiger partial charge is 0.251 e. The summed E-state index contributed by atoms with van der Waals surface area (Å²) in [6.07, 6.45) is 1.79. The Hall–Kier alpha value is -2.48. The molecule has 0 saturated carbocycles. The molecule has 0 unspecified atom stereocenters. The highest BCUT2D eigenvalue weighted by atomic mass is 79.9. The maximum atomic E-state index is 12.7. The Bertz CT molecular complexity index is 1020. The Morgan fingerprint density at radius 2 is 2.04 bits per heavy atom. The highest BCUT2D eigenvalue weighted by Gasteiger charge is 2.16. The third-order valence-electron chi connectivity index (χ3n) is 4.43. The van der Waals surface area contributed by atoms with Crippen LogP contribution >= 0.6 is 15.9 Å². The summed E-state index contributed by atoms with van der Waals surface area (Å²) in [4.78, 5) is 21.5. The van der Waals surface area contributed by atoms with Crippen LogP contribution in [0, 0.1) is 6.92 Å². The first-order valence-corrected chi connectivity index (χ1v) is 9.87. The topological polar surface area (TPSA) is 71.8 Å². The van der Waals surface area contributed by atoms with Gasteiger partial charge in [0.15, 0.2) is 5.82 Å². The molecule has 0 bridgehead atoms. The molecular formula is C20H23BrFN5O. The zero-order valence-corrected chi connectivity index (χ0v) is 17.8. The van der Waals surface area contributed by atoms with Crippen LogP contribution in [-0.4, -0.2) is 33.2 Å². The number of hydrogen-bond acceptors (Lipinski definition) is 4. The monoisotopic (exact) mass is 447 g/mol. The summed E-state index contributed by atoms with van der Waals surface area (Å²) in [6, 6.07) is 7.04. The molecular weight excluding hydrogens is 425 g/mol. The summed E-state index contributed by atoms with van der Waals surface area (Å²) in [5.74, 6) is 0.341. The molecule has 6 nitrogen and oxygen atoms in total. The molecule has 1 atom stereocenters. The van der Waals surface area contributed by atoms with E-state index >= 15 is 0 Å². The van der Waals surface area contributed by atoms with Crippen molar-refractivity contribution in [3.63, 3.8) is 0 Å². The fourth-order valence-electron chi connectivity index (χ4n) is 2.93. The van der Waals surface area contributed by atoms with E-state index in [4.69, 9.17) is 0 Å². The van der Waals surface area contributed by atoms with Crippen molar-refractivity contribution in [2.45, 2.75) is 39.8 Å². The van der Waals surface area contributed by atoms with E-state index in [0.29, 0.717) is 21.7 Å². The summed E-state index contributed by atoms with van der Waals surface area (Å²) in [5.41, 5.74) is 3.73. The number of rotatable bonds is 6. The molecule has 3 rings (SSSR count). The molecule has 1 amide bonds. The van der Waals surface area contributed by atoms with Crippen LogP contribution in [0.1, 0.15) is 42.7 Å². The Morgan fingerprint density at radius 3 is 2.71 bits per heavy atom. The van der Waals surface area contributed by atoms with Crippen LogP contribution in [-0.2, 0) is 0 Å². The van der Waals surface area contributed by atoms with Gasteiger partial charge in [0.1, 0.15) is 16.8 Å². The zero-order valence-electron chi connectivity index (χ0n) is 16.3. The first-order valence-electron chi connectivity index (χ1n) is 9.07. The molecule has 8 heteroatoms. The number of carbonyl (C=O) groups is 1.